The van der Waals surface area contributed by atoms with Crippen LogP contribution in [0.25, 0.3) is 0 Å². The molecule has 0 aliphatic rings. The highest BCUT2D eigenvalue weighted by Crippen LogP contribution is 2.28. The summed E-state index contributed by atoms with van der Waals surface area (Å²) in [5.41, 5.74) is 2.83. The maximum Gasteiger partial charge on any atom is 0.264 e. The molecule has 41 heavy (non-hydrogen) atoms. The van der Waals surface area contributed by atoms with Crippen molar-refractivity contribution in [2.24, 2.45) is 0 Å². The summed E-state index contributed by atoms with van der Waals surface area (Å²) < 4.78 is 34.4. The van der Waals surface area contributed by atoms with Crippen molar-refractivity contribution in [1.82, 2.24) is 10.2 Å². The van der Waals surface area contributed by atoms with E-state index >= 15 is 0 Å². The molecule has 0 saturated carbocycles. The van der Waals surface area contributed by atoms with Crippen LogP contribution in [0.5, 0.6) is 5.75 Å². The third-order valence-electron chi connectivity index (χ3n) is 7.17. The van der Waals surface area contributed by atoms with Crippen LogP contribution >= 0.6 is 0 Å². The molecular formula is C32H41N3O5S. The second-order valence-electron chi connectivity index (χ2n) is 10.2. The number of ether oxygens (including phenoxy) is 1. The van der Waals surface area contributed by atoms with Crippen LogP contribution in [0.1, 0.15) is 50.3 Å². The molecule has 220 valence electrons. The maximum atomic E-state index is 14.2. The number of methoxy groups -OCH3 is 1. The van der Waals surface area contributed by atoms with Crippen molar-refractivity contribution in [1.29, 1.82) is 0 Å². The predicted octanol–water partition coefficient (Wildman–Crippen LogP) is 5.23. The van der Waals surface area contributed by atoms with Gasteiger partial charge in [-0.2, -0.15) is 0 Å². The highest BCUT2D eigenvalue weighted by atomic mass is 32.2. The van der Waals surface area contributed by atoms with Crippen LogP contribution in [0.4, 0.5) is 5.69 Å². The van der Waals surface area contributed by atoms with E-state index in [-0.39, 0.29) is 23.4 Å². The summed E-state index contributed by atoms with van der Waals surface area (Å²) in [6.45, 7) is 9.08. The molecule has 0 unspecified atom stereocenters. The van der Waals surface area contributed by atoms with Gasteiger partial charge >= 0.3 is 0 Å². The molecule has 0 spiro atoms. The Balaban J connectivity index is 2.06. The molecule has 0 bridgehead atoms. The van der Waals surface area contributed by atoms with Crippen molar-refractivity contribution in [2.75, 3.05) is 18.0 Å². The van der Waals surface area contributed by atoms with Gasteiger partial charge in [-0.3, -0.25) is 13.9 Å². The minimum atomic E-state index is -4.11. The summed E-state index contributed by atoms with van der Waals surface area (Å²) in [6, 6.07) is 20.0. The van der Waals surface area contributed by atoms with Crippen LogP contribution in [-0.4, -0.2) is 50.9 Å². The van der Waals surface area contributed by atoms with Gasteiger partial charge in [0.25, 0.3) is 10.0 Å². The van der Waals surface area contributed by atoms with E-state index in [0.29, 0.717) is 23.4 Å². The summed E-state index contributed by atoms with van der Waals surface area (Å²) in [7, 11) is -2.54. The molecule has 0 heterocycles. The number of nitrogens with zero attached hydrogens (tertiary/aromatic N) is 2. The molecule has 0 fully saturated rings. The molecule has 3 aromatic rings. The Bertz CT molecular complexity index is 1420. The molecule has 0 saturated heterocycles. The normalized spacial score (nSPS) is 12.7. The van der Waals surface area contributed by atoms with Gasteiger partial charge in [-0.1, -0.05) is 61.9 Å². The lowest BCUT2D eigenvalue weighted by atomic mass is 10.1. The molecular weight excluding hydrogens is 538 g/mol. The Kier molecular flexibility index (Phi) is 10.9. The molecule has 0 aromatic heterocycles. The fourth-order valence-electron chi connectivity index (χ4n) is 4.48. The molecule has 9 heteroatoms. The molecule has 1 N–H and O–H groups in total. The first-order valence-corrected chi connectivity index (χ1v) is 15.3. The summed E-state index contributed by atoms with van der Waals surface area (Å²) in [5.74, 6) is -0.0819. The van der Waals surface area contributed by atoms with Crippen molar-refractivity contribution < 1.29 is 22.7 Å². The number of para-hydroxylation sites is 1. The molecule has 2 atom stereocenters. The monoisotopic (exact) mass is 579 g/mol. The van der Waals surface area contributed by atoms with Gasteiger partial charge < -0.3 is 15.0 Å². The maximum absolute atomic E-state index is 14.2. The average molecular weight is 580 g/mol. The minimum Gasteiger partial charge on any atom is -0.497 e. The van der Waals surface area contributed by atoms with E-state index in [9.17, 15) is 18.0 Å². The first-order valence-electron chi connectivity index (χ1n) is 13.9. The number of carbonyl (C=O) groups is 2. The van der Waals surface area contributed by atoms with Gasteiger partial charge in [0.1, 0.15) is 18.3 Å². The zero-order chi connectivity index (χ0) is 30.2. The van der Waals surface area contributed by atoms with Crippen molar-refractivity contribution in [3.8, 4) is 5.75 Å². The lowest BCUT2D eigenvalue weighted by Gasteiger charge is -2.34. The van der Waals surface area contributed by atoms with Gasteiger partial charge in [-0.05, 0) is 75.1 Å². The Morgan fingerprint density at radius 2 is 1.54 bits per heavy atom. The summed E-state index contributed by atoms with van der Waals surface area (Å²) in [5, 5.41) is 2.99. The van der Waals surface area contributed by atoms with Gasteiger partial charge in [-0.15, -0.1) is 0 Å². The first kappa shape index (κ1) is 31.7. The van der Waals surface area contributed by atoms with Crippen LogP contribution < -0.4 is 14.4 Å². The SMILES string of the molecule is CC[C@@H](C)NC(=O)[C@H](CC)N(Cc1ccc(OC)cc1)C(=O)CN(c1ccccc1C)S(=O)(=O)c1ccc(C)cc1. The Hall–Kier alpha value is -3.85. The van der Waals surface area contributed by atoms with Crippen molar-refractivity contribution in [3.05, 3.63) is 89.5 Å². The average Bonchev–Trinajstić information content (AvgIpc) is 2.96. The predicted molar refractivity (Wildman–Crippen MR) is 162 cm³/mol. The summed E-state index contributed by atoms with van der Waals surface area (Å²) >= 11 is 0. The van der Waals surface area contributed by atoms with Gasteiger partial charge in [0.2, 0.25) is 11.8 Å². The quantitative estimate of drug-likeness (QED) is 0.299. The van der Waals surface area contributed by atoms with E-state index in [1.54, 1.807) is 68.6 Å². The van der Waals surface area contributed by atoms with E-state index < -0.39 is 28.5 Å². The third-order valence-corrected chi connectivity index (χ3v) is 8.94. The molecule has 0 radical (unpaired) electrons. The molecule has 2 amide bonds. The van der Waals surface area contributed by atoms with E-state index in [1.165, 1.54) is 4.90 Å². The second-order valence-corrected chi connectivity index (χ2v) is 12.1. The highest BCUT2D eigenvalue weighted by Gasteiger charge is 2.34. The second kappa shape index (κ2) is 14.2. The van der Waals surface area contributed by atoms with Gasteiger partial charge in [-0.25, -0.2) is 8.42 Å². The lowest BCUT2D eigenvalue weighted by Crippen LogP contribution is -2.53. The number of amides is 2. The summed E-state index contributed by atoms with van der Waals surface area (Å²) in [4.78, 5) is 29.1. The smallest absolute Gasteiger partial charge is 0.264 e. The van der Waals surface area contributed by atoms with Gasteiger partial charge in [0.05, 0.1) is 17.7 Å². The number of benzene rings is 3. The van der Waals surface area contributed by atoms with Crippen LogP contribution in [0.3, 0.4) is 0 Å². The zero-order valence-corrected chi connectivity index (χ0v) is 25.6. The number of hydrogen-bond acceptors (Lipinski definition) is 5. The van der Waals surface area contributed by atoms with Crippen LogP contribution in [0, 0.1) is 13.8 Å². The largest absolute Gasteiger partial charge is 0.497 e. The number of rotatable bonds is 13. The van der Waals surface area contributed by atoms with Crippen molar-refractivity contribution in [3.63, 3.8) is 0 Å². The number of aryl methyl sites for hydroxylation is 2. The van der Waals surface area contributed by atoms with E-state index in [0.717, 1.165) is 21.9 Å². The standard InChI is InChI=1S/C32H41N3O5S/c1-7-25(5)33-32(37)29(8-2)34(21-26-15-17-27(40-6)18-16-26)31(36)22-35(30-12-10-9-11-24(30)4)41(38,39)28-19-13-23(3)14-20-28/h9-20,25,29H,7-8,21-22H2,1-6H3,(H,33,37)/t25-,29+/m1/s1. The topological polar surface area (TPSA) is 96.0 Å². The van der Waals surface area contributed by atoms with Gasteiger partial charge in [0.15, 0.2) is 0 Å². The minimum absolute atomic E-state index is 0.0696. The molecule has 3 aromatic carbocycles. The number of carbonyl (C=O) groups excluding carboxylic acids is 2. The number of sulfonamides is 1. The molecule has 8 nitrogen and oxygen atoms in total. The number of anilines is 1. The van der Waals surface area contributed by atoms with Crippen LogP contribution in [-0.2, 0) is 26.2 Å². The van der Waals surface area contributed by atoms with E-state index in [1.807, 2.05) is 45.9 Å². The van der Waals surface area contributed by atoms with E-state index in [4.69, 9.17) is 4.74 Å². The Labute approximate surface area is 244 Å². The van der Waals surface area contributed by atoms with Crippen LogP contribution in [0.2, 0.25) is 0 Å². The van der Waals surface area contributed by atoms with Gasteiger partial charge in [0, 0.05) is 12.6 Å². The summed E-state index contributed by atoms with van der Waals surface area (Å²) in [6.07, 6.45) is 1.10. The number of hydrogen-bond donors (Lipinski definition) is 1. The van der Waals surface area contributed by atoms with Crippen molar-refractivity contribution >= 4 is 27.5 Å². The first-order chi connectivity index (χ1) is 19.5. The highest BCUT2D eigenvalue weighted by molar-refractivity contribution is 7.92. The third kappa shape index (κ3) is 7.88. The molecule has 0 aliphatic heterocycles. The number of nitrogens with one attached hydrogen (secondary N) is 1. The fraction of sp³-hybridized carbons (Fsp3) is 0.375. The fourth-order valence-corrected chi connectivity index (χ4v) is 5.96. The molecule has 0 aliphatic carbocycles. The van der Waals surface area contributed by atoms with E-state index in [2.05, 4.69) is 5.32 Å². The lowest BCUT2D eigenvalue weighted by molar-refractivity contribution is -0.140. The van der Waals surface area contributed by atoms with Crippen LogP contribution in [0.15, 0.2) is 77.7 Å². The Morgan fingerprint density at radius 1 is 0.902 bits per heavy atom. The Morgan fingerprint density at radius 3 is 2.10 bits per heavy atom. The molecule has 3 rings (SSSR count). The van der Waals surface area contributed by atoms with Crippen molar-refractivity contribution in [2.45, 2.75) is 71.0 Å². The zero-order valence-electron chi connectivity index (χ0n) is 24.8.